The lowest BCUT2D eigenvalue weighted by Gasteiger charge is -2.19. The summed E-state index contributed by atoms with van der Waals surface area (Å²) in [4.78, 5) is 0. The standard InChI is InChI=1S/C20H22O/c1-2-3-4-11-16-19(17-12-7-5-8-13-17)20(21)18-14-9-6-10-15-18/h5-10,12-15,19-21H,2-4H2,1H3. The summed E-state index contributed by atoms with van der Waals surface area (Å²) < 4.78 is 0. The summed E-state index contributed by atoms with van der Waals surface area (Å²) >= 11 is 0. The normalized spacial score (nSPS) is 13.0. The minimum atomic E-state index is -0.595. The smallest absolute Gasteiger partial charge is 0.0968 e. The van der Waals surface area contributed by atoms with E-state index in [1.54, 1.807) is 0 Å². The van der Waals surface area contributed by atoms with E-state index >= 15 is 0 Å². The highest BCUT2D eigenvalue weighted by atomic mass is 16.3. The van der Waals surface area contributed by atoms with Crippen molar-refractivity contribution in [2.24, 2.45) is 0 Å². The minimum Gasteiger partial charge on any atom is -0.387 e. The molecule has 1 nitrogen and oxygen atoms in total. The predicted octanol–water partition coefficient (Wildman–Crippen LogP) is 4.70. The van der Waals surface area contributed by atoms with Crippen molar-refractivity contribution >= 4 is 0 Å². The third kappa shape index (κ3) is 4.48. The number of benzene rings is 2. The molecular weight excluding hydrogens is 256 g/mol. The minimum absolute atomic E-state index is 0.176. The van der Waals surface area contributed by atoms with E-state index in [0.29, 0.717) is 0 Å². The molecule has 0 radical (unpaired) electrons. The summed E-state index contributed by atoms with van der Waals surface area (Å²) in [5.74, 6) is 6.32. The van der Waals surface area contributed by atoms with Gasteiger partial charge in [0.05, 0.1) is 12.0 Å². The van der Waals surface area contributed by atoms with Gasteiger partial charge in [0.15, 0.2) is 0 Å². The van der Waals surface area contributed by atoms with Crippen LogP contribution >= 0.6 is 0 Å². The molecule has 0 saturated heterocycles. The molecular formula is C20H22O. The number of unbranched alkanes of at least 4 members (excludes halogenated alkanes) is 2. The maximum Gasteiger partial charge on any atom is 0.0968 e. The Bertz CT molecular complexity index is 577. The van der Waals surface area contributed by atoms with Crippen LogP contribution in [0.2, 0.25) is 0 Å². The van der Waals surface area contributed by atoms with Gasteiger partial charge in [0, 0.05) is 6.42 Å². The lowest BCUT2D eigenvalue weighted by atomic mass is 9.89. The van der Waals surface area contributed by atoms with Gasteiger partial charge in [-0.1, -0.05) is 79.9 Å². The van der Waals surface area contributed by atoms with Crippen molar-refractivity contribution in [3.8, 4) is 11.8 Å². The Hall–Kier alpha value is -2.04. The molecule has 1 N–H and O–H groups in total. The topological polar surface area (TPSA) is 20.2 Å². The van der Waals surface area contributed by atoms with Gasteiger partial charge in [0.2, 0.25) is 0 Å². The molecule has 0 saturated carbocycles. The molecule has 0 heterocycles. The molecule has 0 bridgehead atoms. The molecule has 2 rings (SSSR count). The average Bonchev–Trinajstić information content (AvgIpc) is 2.56. The maximum absolute atomic E-state index is 10.7. The van der Waals surface area contributed by atoms with Gasteiger partial charge >= 0.3 is 0 Å². The van der Waals surface area contributed by atoms with Gasteiger partial charge in [-0.05, 0) is 17.5 Å². The van der Waals surface area contributed by atoms with Crippen molar-refractivity contribution in [1.82, 2.24) is 0 Å². The van der Waals surface area contributed by atoms with E-state index in [2.05, 4.69) is 18.8 Å². The average molecular weight is 278 g/mol. The molecule has 2 atom stereocenters. The molecule has 0 aliphatic heterocycles. The zero-order chi connectivity index (χ0) is 14.9. The van der Waals surface area contributed by atoms with Crippen molar-refractivity contribution in [3.63, 3.8) is 0 Å². The summed E-state index contributed by atoms with van der Waals surface area (Å²) in [6.07, 6.45) is 2.55. The van der Waals surface area contributed by atoms with Crippen LogP contribution in [0.4, 0.5) is 0 Å². The highest BCUT2D eigenvalue weighted by Gasteiger charge is 2.20. The first kappa shape index (κ1) is 15.4. The lowest BCUT2D eigenvalue weighted by molar-refractivity contribution is 0.165. The lowest BCUT2D eigenvalue weighted by Crippen LogP contribution is -2.09. The van der Waals surface area contributed by atoms with Crippen LogP contribution in [0.15, 0.2) is 60.7 Å². The maximum atomic E-state index is 10.7. The quantitative estimate of drug-likeness (QED) is 0.621. The summed E-state index contributed by atoms with van der Waals surface area (Å²) in [6.45, 7) is 2.16. The van der Waals surface area contributed by atoms with E-state index in [1.165, 1.54) is 0 Å². The Balaban J connectivity index is 2.25. The highest BCUT2D eigenvalue weighted by molar-refractivity contribution is 5.33. The van der Waals surface area contributed by atoms with Gasteiger partial charge in [-0.3, -0.25) is 0 Å². The molecule has 0 aliphatic rings. The highest BCUT2D eigenvalue weighted by Crippen LogP contribution is 2.30. The Morgan fingerprint density at radius 1 is 0.905 bits per heavy atom. The van der Waals surface area contributed by atoms with Gasteiger partial charge in [-0.2, -0.15) is 0 Å². The van der Waals surface area contributed by atoms with Crippen LogP contribution in [0.5, 0.6) is 0 Å². The largest absolute Gasteiger partial charge is 0.387 e. The van der Waals surface area contributed by atoms with Crippen molar-refractivity contribution in [1.29, 1.82) is 0 Å². The fourth-order valence-corrected chi connectivity index (χ4v) is 2.29. The molecule has 0 spiro atoms. The number of hydrogen-bond acceptors (Lipinski definition) is 1. The first-order chi connectivity index (χ1) is 10.3. The summed E-state index contributed by atoms with van der Waals surface area (Å²) in [5.41, 5.74) is 1.98. The first-order valence-electron chi connectivity index (χ1n) is 7.59. The van der Waals surface area contributed by atoms with Crippen LogP contribution in [-0.2, 0) is 0 Å². The van der Waals surface area contributed by atoms with E-state index in [1.807, 2.05) is 60.7 Å². The van der Waals surface area contributed by atoms with E-state index in [0.717, 1.165) is 30.4 Å². The number of rotatable bonds is 5. The summed E-state index contributed by atoms with van der Waals surface area (Å²) in [5, 5.41) is 10.7. The predicted molar refractivity (Wildman–Crippen MR) is 87.9 cm³/mol. The van der Waals surface area contributed by atoms with Crippen LogP contribution < -0.4 is 0 Å². The third-order valence-electron chi connectivity index (χ3n) is 3.53. The molecule has 1 heteroatoms. The zero-order valence-electron chi connectivity index (χ0n) is 12.5. The first-order valence-corrected chi connectivity index (χ1v) is 7.59. The van der Waals surface area contributed by atoms with Crippen molar-refractivity contribution in [2.75, 3.05) is 0 Å². The van der Waals surface area contributed by atoms with Crippen molar-refractivity contribution < 1.29 is 5.11 Å². The van der Waals surface area contributed by atoms with Crippen LogP contribution in [-0.4, -0.2) is 5.11 Å². The fourth-order valence-electron chi connectivity index (χ4n) is 2.29. The molecule has 0 amide bonds. The van der Waals surface area contributed by atoms with Crippen LogP contribution in [0.3, 0.4) is 0 Å². The van der Waals surface area contributed by atoms with Gasteiger partial charge in [0.1, 0.15) is 0 Å². The van der Waals surface area contributed by atoms with Crippen LogP contribution in [0, 0.1) is 11.8 Å². The number of hydrogen-bond donors (Lipinski definition) is 1. The van der Waals surface area contributed by atoms with E-state index < -0.39 is 6.10 Å². The molecule has 2 aromatic rings. The van der Waals surface area contributed by atoms with E-state index in [4.69, 9.17) is 0 Å². The van der Waals surface area contributed by atoms with Crippen molar-refractivity contribution in [3.05, 3.63) is 71.8 Å². The summed E-state index contributed by atoms with van der Waals surface area (Å²) in [7, 11) is 0. The SMILES string of the molecule is CCCCC#CC(c1ccccc1)C(O)c1ccccc1. The molecule has 0 aliphatic carbocycles. The van der Waals surface area contributed by atoms with Gasteiger partial charge in [-0.25, -0.2) is 0 Å². The van der Waals surface area contributed by atoms with Gasteiger partial charge in [-0.15, -0.1) is 5.92 Å². The Kier molecular flexibility index (Phi) is 6.06. The Labute approximate surface area is 127 Å². The second-order valence-corrected chi connectivity index (χ2v) is 5.17. The second kappa shape index (κ2) is 8.29. The molecule has 21 heavy (non-hydrogen) atoms. The monoisotopic (exact) mass is 278 g/mol. The Morgan fingerprint density at radius 2 is 1.48 bits per heavy atom. The number of aliphatic hydroxyl groups is 1. The van der Waals surface area contributed by atoms with Gasteiger partial charge < -0.3 is 5.11 Å². The Morgan fingerprint density at radius 3 is 2.05 bits per heavy atom. The second-order valence-electron chi connectivity index (χ2n) is 5.17. The molecule has 108 valence electrons. The molecule has 0 fully saturated rings. The van der Waals surface area contributed by atoms with Crippen LogP contribution in [0.25, 0.3) is 0 Å². The summed E-state index contributed by atoms with van der Waals surface area (Å²) in [6, 6.07) is 19.8. The van der Waals surface area contributed by atoms with E-state index in [-0.39, 0.29) is 5.92 Å². The third-order valence-corrected chi connectivity index (χ3v) is 3.53. The molecule has 0 aromatic heterocycles. The fraction of sp³-hybridized carbons (Fsp3) is 0.300. The zero-order valence-corrected chi connectivity index (χ0v) is 12.5. The molecule has 2 unspecified atom stereocenters. The number of aliphatic hydroxyl groups excluding tert-OH is 1. The van der Waals surface area contributed by atoms with Gasteiger partial charge in [0.25, 0.3) is 0 Å². The van der Waals surface area contributed by atoms with Crippen molar-refractivity contribution in [2.45, 2.75) is 38.2 Å². The van der Waals surface area contributed by atoms with E-state index in [9.17, 15) is 5.11 Å². The molecule has 2 aromatic carbocycles. The van der Waals surface area contributed by atoms with Crippen LogP contribution in [0.1, 0.15) is 49.3 Å².